The largest absolute Gasteiger partial charge is 0.480 e. The number of carboxylic acids is 1. The van der Waals surface area contributed by atoms with E-state index in [0.717, 1.165) is 11.1 Å². The monoisotopic (exact) mass is 524 g/mol. The van der Waals surface area contributed by atoms with Gasteiger partial charge in [0.25, 0.3) is 0 Å². The summed E-state index contributed by atoms with van der Waals surface area (Å²) in [5.74, 6) is -2.56. The average molecular weight is 525 g/mol. The second-order valence-corrected chi connectivity index (χ2v) is 8.99. The van der Waals surface area contributed by atoms with E-state index in [-0.39, 0.29) is 19.7 Å². The summed E-state index contributed by atoms with van der Waals surface area (Å²) in [6, 6.07) is 15.3. The van der Waals surface area contributed by atoms with E-state index in [0.29, 0.717) is 19.4 Å². The topological polar surface area (TPSA) is 145 Å². The van der Waals surface area contributed by atoms with Gasteiger partial charge < -0.3 is 30.2 Å². The van der Waals surface area contributed by atoms with Crippen molar-refractivity contribution in [3.8, 4) is 0 Å². The molecule has 38 heavy (non-hydrogen) atoms. The number of ether oxygens (including phenoxy) is 1. The Morgan fingerprint density at radius 2 is 1.68 bits per heavy atom. The van der Waals surface area contributed by atoms with Crippen molar-refractivity contribution in [1.29, 1.82) is 0 Å². The van der Waals surface area contributed by atoms with Crippen LogP contribution in [0.3, 0.4) is 0 Å². The van der Waals surface area contributed by atoms with Gasteiger partial charge in [-0.3, -0.25) is 14.5 Å². The number of benzene rings is 2. The lowest BCUT2D eigenvalue weighted by molar-refractivity contribution is -0.145. The number of aldehydes is 1. The molecule has 202 valence electrons. The summed E-state index contributed by atoms with van der Waals surface area (Å²) in [5.41, 5.74) is 1.80. The number of amides is 3. The number of hydrogen-bond donors (Lipinski definition) is 3. The summed E-state index contributed by atoms with van der Waals surface area (Å²) in [5, 5.41) is 14.2. The SMILES string of the molecule is CC(C(=O)N[C@@H](CC=O)C(=O)O)N1CCN(Cc2ccccc2)CC(NC(=O)OCc2ccccc2)C1=O. The van der Waals surface area contributed by atoms with E-state index < -0.39 is 48.4 Å². The van der Waals surface area contributed by atoms with Gasteiger partial charge in [-0.1, -0.05) is 60.7 Å². The fourth-order valence-electron chi connectivity index (χ4n) is 4.12. The van der Waals surface area contributed by atoms with Crippen LogP contribution in [0.2, 0.25) is 0 Å². The predicted octanol–water partition coefficient (Wildman–Crippen LogP) is 1.17. The Bertz CT molecular complexity index is 1110. The average Bonchev–Trinajstić information content (AvgIpc) is 3.06. The van der Waals surface area contributed by atoms with Crippen molar-refractivity contribution in [3.63, 3.8) is 0 Å². The molecule has 1 saturated heterocycles. The molecule has 0 aliphatic carbocycles. The molecule has 3 rings (SSSR count). The van der Waals surface area contributed by atoms with Crippen molar-refractivity contribution < 1.29 is 33.8 Å². The molecule has 0 bridgehead atoms. The van der Waals surface area contributed by atoms with Crippen molar-refractivity contribution in [1.82, 2.24) is 20.4 Å². The molecule has 3 amide bonds. The molecule has 2 aromatic rings. The predicted molar refractivity (Wildman–Crippen MR) is 137 cm³/mol. The van der Waals surface area contributed by atoms with E-state index in [1.165, 1.54) is 11.8 Å². The van der Waals surface area contributed by atoms with Gasteiger partial charge in [-0.25, -0.2) is 9.59 Å². The van der Waals surface area contributed by atoms with Crippen LogP contribution in [0.25, 0.3) is 0 Å². The van der Waals surface area contributed by atoms with Gasteiger partial charge in [0.05, 0.1) is 0 Å². The van der Waals surface area contributed by atoms with Crippen molar-refractivity contribution >= 4 is 30.2 Å². The molecule has 0 saturated carbocycles. The number of hydrogen-bond acceptors (Lipinski definition) is 7. The smallest absolute Gasteiger partial charge is 0.408 e. The zero-order valence-corrected chi connectivity index (χ0v) is 21.1. The molecule has 1 aliphatic heterocycles. The Labute approximate surface area is 220 Å². The lowest BCUT2D eigenvalue weighted by Crippen LogP contribution is -2.57. The molecule has 2 unspecified atom stereocenters. The molecule has 1 heterocycles. The van der Waals surface area contributed by atoms with Crippen LogP contribution in [0.15, 0.2) is 60.7 Å². The minimum absolute atomic E-state index is 0.0249. The molecule has 3 N–H and O–H groups in total. The Balaban J connectivity index is 1.74. The summed E-state index contributed by atoms with van der Waals surface area (Å²) in [6.07, 6.45) is -0.768. The standard InChI is InChI=1S/C27H32N4O7/c1-19(24(33)28-22(12-15-32)26(35)36)31-14-13-30(16-20-8-4-2-5-9-20)17-23(25(31)34)29-27(37)38-18-21-10-6-3-7-11-21/h2-11,15,19,22-23H,12-14,16-18H2,1H3,(H,28,33)(H,29,37)(H,35,36)/t19?,22-,23?/m0/s1. The molecule has 1 fully saturated rings. The summed E-state index contributed by atoms with van der Waals surface area (Å²) in [4.78, 5) is 64.5. The molecule has 0 radical (unpaired) electrons. The van der Waals surface area contributed by atoms with Gasteiger partial charge in [0.1, 0.15) is 31.0 Å². The van der Waals surface area contributed by atoms with Crippen LogP contribution in [0, 0.1) is 0 Å². The normalized spacial score (nSPS) is 17.6. The van der Waals surface area contributed by atoms with Gasteiger partial charge in [0.15, 0.2) is 0 Å². The van der Waals surface area contributed by atoms with Crippen LogP contribution >= 0.6 is 0 Å². The number of alkyl carbamates (subject to hydrolysis) is 1. The first kappa shape index (κ1) is 28.3. The van der Waals surface area contributed by atoms with E-state index in [1.54, 1.807) is 0 Å². The van der Waals surface area contributed by atoms with Crippen LogP contribution in [-0.2, 0) is 37.1 Å². The summed E-state index contributed by atoms with van der Waals surface area (Å²) < 4.78 is 5.31. The summed E-state index contributed by atoms with van der Waals surface area (Å²) in [6.45, 7) is 2.78. The third-order valence-electron chi connectivity index (χ3n) is 6.23. The van der Waals surface area contributed by atoms with E-state index in [2.05, 4.69) is 10.6 Å². The Morgan fingerprint density at radius 1 is 1.05 bits per heavy atom. The highest BCUT2D eigenvalue weighted by Crippen LogP contribution is 2.14. The number of carbonyl (C=O) groups is 5. The van der Waals surface area contributed by atoms with Gasteiger partial charge in [-0.2, -0.15) is 0 Å². The van der Waals surface area contributed by atoms with Gasteiger partial charge in [0.2, 0.25) is 11.8 Å². The number of rotatable bonds is 11. The van der Waals surface area contributed by atoms with E-state index >= 15 is 0 Å². The van der Waals surface area contributed by atoms with E-state index in [4.69, 9.17) is 4.74 Å². The number of carboxylic acid groups (broad SMARTS) is 1. The molecule has 2 aromatic carbocycles. The Kier molecular flexibility index (Phi) is 10.4. The number of aliphatic carboxylic acids is 1. The van der Waals surface area contributed by atoms with Crippen LogP contribution in [-0.4, -0.2) is 82.8 Å². The minimum atomic E-state index is -1.40. The van der Waals surface area contributed by atoms with Crippen LogP contribution in [0.4, 0.5) is 4.79 Å². The number of carbonyl (C=O) groups excluding carboxylic acids is 4. The highest BCUT2D eigenvalue weighted by Gasteiger charge is 2.37. The number of nitrogens with one attached hydrogen (secondary N) is 2. The minimum Gasteiger partial charge on any atom is -0.480 e. The fourth-order valence-corrected chi connectivity index (χ4v) is 4.12. The Hall–Kier alpha value is -4.25. The first-order valence-corrected chi connectivity index (χ1v) is 12.3. The van der Waals surface area contributed by atoms with Crippen molar-refractivity contribution in [2.45, 2.75) is 44.6 Å². The third kappa shape index (κ3) is 8.13. The zero-order chi connectivity index (χ0) is 27.5. The molecular formula is C27H32N4O7. The van der Waals surface area contributed by atoms with Crippen LogP contribution in [0.5, 0.6) is 0 Å². The van der Waals surface area contributed by atoms with Crippen LogP contribution < -0.4 is 10.6 Å². The lowest BCUT2D eigenvalue weighted by atomic mass is 10.1. The van der Waals surface area contributed by atoms with Gasteiger partial charge in [0, 0.05) is 32.6 Å². The van der Waals surface area contributed by atoms with Crippen molar-refractivity contribution in [3.05, 3.63) is 71.8 Å². The first-order valence-electron chi connectivity index (χ1n) is 12.3. The first-order chi connectivity index (χ1) is 18.3. The maximum absolute atomic E-state index is 13.5. The number of nitrogens with zero attached hydrogens (tertiary/aromatic N) is 2. The van der Waals surface area contributed by atoms with Gasteiger partial charge in [-0.15, -0.1) is 0 Å². The third-order valence-corrected chi connectivity index (χ3v) is 6.23. The van der Waals surface area contributed by atoms with E-state index in [1.807, 2.05) is 65.6 Å². The second-order valence-electron chi connectivity index (χ2n) is 8.99. The molecular weight excluding hydrogens is 492 g/mol. The lowest BCUT2D eigenvalue weighted by Gasteiger charge is -2.30. The Morgan fingerprint density at radius 3 is 2.29 bits per heavy atom. The quantitative estimate of drug-likeness (QED) is 0.372. The van der Waals surface area contributed by atoms with E-state index in [9.17, 15) is 29.1 Å². The molecule has 0 spiro atoms. The summed E-state index contributed by atoms with van der Waals surface area (Å²) in [7, 11) is 0. The molecule has 0 aromatic heterocycles. The highest BCUT2D eigenvalue weighted by atomic mass is 16.5. The van der Waals surface area contributed by atoms with Gasteiger partial charge >= 0.3 is 12.1 Å². The highest BCUT2D eigenvalue weighted by molar-refractivity contribution is 5.93. The maximum atomic E-state index is 13.5. The maximum Gasteiger partial charge on any atom is 0.408 e. The summed E-state index contributed by atoms with van der Waals surface area (Å²) >= 11 is 0. The molecule has 11 heteroatoms. The second kappa shape index (κ2) is 13.9. The van der Waals surface area contributed by atoms with Crippen LogP contribution in [0.1, 0.15) is 24.5 Å². The van der Waals surface area contributed by atoms with Crippen molar-refractivity contribution in [2.24, 2.45) is 0 Å². The van der Waals surface area contributed by atoms with Crippen molar-refractivity contribution in [2.75, 3.05) is 19.6 Å². The molecule has 11 nitrogen and oxygen atoms in total. The molecule has 1 aliphatic rings. The molecule has 3 atom stereocenters. The zero-order valence-electron chi connectivity index (χ0n) is 21.1. The fraction of sp³-hybridized carbons (Fsp3) is 0.370. The van der Waals surface area contributed by atoms with Gasteiger partial charge in [-0.05, 0) is 18.1 Å².